The monoisotopic (exact) mass is 458 g/mol. The Morgan fingerprint density at radius 2 is 1.65 bits per heavy atom. The molecule has 1 aliphatic rings. The first-order chi connectivity index (χ1) is 16.7. The van der Waals surface area contributed by atoms with Crippen LogP contribution in [0.5, 0.6) is 5.75 Å². The van der Waals surface area contributed by atoms with Gasteiger partial charge in [0, 0.05) is 10.9 Å². The lowest BCUT2D eigenvalue weighted by molar-refractivity contribution is 0.249. The van der Waals surface area contributed by atoms with E-state index in [1.165, 1.54) is 63.4 Å². The van der Waals surface area contributed by atoms with Gasteiger partial charge in [-0.1, -0.05) is 113 Å². The van der Waals surface area contributed by atoms with Gasteiger partial charge in [0.05, 0.1) is 0 Å². The third-order valence-electron chi connectivity index (χ3n) is 7.58. The van der Waals surface area contributed by atoms with E-state index in [0.29, 0.717) is 17.6 Å². The summed E-state index contributed by atoms with van der Waals surface area (Å²) in [6, 6.07) is 17.8. The summed E-state index contributed by atoms with van der Waals surface area (Å²) in [4.78, 5) is 0. The third kappa shape index (κ3) is 6.29. The average molecular weight is 459 g/mol. The molecule has 0 aliphatic heterocycles. The molecule has 3 aromatic rings. The molecule has 3 aromatic carbocycles. The molecule has 0 atom stereocenters. The maximum Gasteiger partial charge on any atom is 0.138 e. The molecule has 0 bridgehead atoms. The first-order valence-electron chi connectivity index (χ1n) is 13.2. The van der Waals surface area contributed by atoms with Crippen molar-refractivity contribution in [3.8, 4) is 16.9 Å². The van der Waals surface area contributed by atoms with Crippen LogP contribution in [0, 0.1) is 17.7 Å². The molecule has 0 radical (unpaired) electrons. The maximum absolute atomic E-state index is 15.4. The van der Waals surface area contributed by atoms with E-state index in [9.17, 15) is 0 Å². The number of benzene rings is 3. The molecule has 0 N–H and O–H groups in total. The van der Waals surface area contributed by atoms with Crippen LogP contribution in [-0.4, -0.2) is 6.61 Å². The fourth-order valence-corrected chi connectivity index (χ4v) is 5.47. The minimum absolute atomic E-state index is 0.148. The van der Waals surface area contributed by atoms with E-state index in [2.05, 4.69) is 31.7 Å². The van der Waals surface area contributed by atoms with Gasteiger partial charge >= 0.3 is 0 Å². The summed E-state index contributed by atoms with van der Waals surface area (Å²) in [5, 5.41) is 1.69. The Bertz CT molecular complexity index is 1060. The molecule has 0 unspecified atom stereocenters. The lowest BCUT2D eigenvalue weighted by Crippen LogP contribution is -2.15. The number of unbranched alkanes of at least 4 members (excludes halogenated alkanes) is 2. The zero-order chi connectivity index (χ0) is 23.8. The fourth-order valence-electron chi connectivity index (χ4n) is 5.47. The van der Waals surface area contributed by atoms with Crippen molar-refractivity contribution >= 4 is 10.8 Å². The quantitative estimate of drug-likeness (QED) is 0.205. The second-order valence-electron chi connectivity index (χ2n) is 10.0. The highest BCUT2D eigenvalue weighted by molar-refractivity contribution is 5.88. The van der Waals surface area contributed by atoms with Gasteiger partial charge in [0.2, 0.25) is 0 Å². The highest BCUT2D eigenvalue weighted by Gasteiger charge is 2.20. The molecule has 1 nitrogen and oxygen atoms in total. The number of ether oxygens (including phenoxy) is 1. The summed E-state index contributed by atoms with van der Waals surface area (Å²) < 4.78 is 20.9. The van der Waals surface area contributed by atoms with Gasteiger partial charge in [0.15, 0.2) is 0 Å². The zero-order valence-corrected chi connectivity index (χ0v) is 20.7. The van der Waals surface area contributed by atoms with Crippen molar-refractivity contribution in [2.45, 2.75) is 71.1 Å². The predicted molar refractivity (Wildman–Crippen MR) is 143 cm³/mol. The van der Waals surface area contributed by atoms with Crippen molar-refractivity contribution in [2.75, 3.05) is 6.61 Å². The Morgan fingerprint density at radius 1 is 0.912 bits per heavy atom. The highest BCUT2D eigenvalue weighted by Crippen LogP contribution is 2.35. The van der Waals surface area contributed by atoms with Gasteiger partial charge < -0.3 is 4.74 Å². The average Bonchev–Trinajstić information content (AvgIpc) is 2.88. The molecule has 0 heterocycles. The van der Waals surface area contributed by atoms with Gasteiger partial charge in [0.1, 0.15) is 18.2 Å². The van der Waals surface area contributed by atoms with Crippen LogP contribution in [-0.2, 0) is 6.42 Å². The Balaban J connectivity index is 1.36. The second kappa shape index (κ2) is 12.2. The number of halogens is 1. The van der Waals surface area contributed by atoms with Crippen molar-refractivity contribution in [3.05, 3.63) is 78.6 Å². The van der Waals surface area contributed by atoms with Crippen molar-refractivity contribution in [3.63, 3.8) is 0 Å². The van der Waals surface area contributed by atoms with Crippen LogP contribution < -0.4 is 4.74 Å². The summed E-state index contributed by atoms with van der Waals surface area (Å²) in [5.41, 5.74) is 2.82. The summed E-state index contributed by atoms with van der Waals surface area (Å²) in [5.74, 6) is 2.44. The highest BCUT2D eigenvalue weighted by atomic mass is 19.1. The SMILES string of the molecule is C=CCOc1ccc(-c2ccc3cc(CCC4CCC(CCCCC)CC4)ccc3c2F)cc1. The number of fused-ring (bicyclic) bond motifs is 1. The Kier molecular flexibility index (Phi) is 8.79. The Morgan fingerprint density at radius 3 is 2.35 bits per heavy atom. The van der Waals surface area contributed by atoms with E-state index in [-0.39, 0.29) is 5.82 Å². The normalized spacial score (nSPS) is 18.2. The molecule has 180 valence electrons. The van der Waals surface area contributed by atoms with Gasteiger partial charge in [-0.25, -0.2) is 4.39 Å². The molecule has 1 saturated carbocycles. The van der Waals surface area contributed by atoms with Gasteiger partial charge in [-0.05, 0) is 53.3 Å². The third-order valence-corrected chi connectivity index (χ3v) is 7.58. The standard InChI is InChI=1S/C32H39FO/c1-3-5-6-7-24-8-10-25(11-9-24)12-13-26-14-20-31-28(23-26)17-21-30(32(31)33)27-15-18-29(19-16-27)34-22-4-2/h4,14-21,23-25H,2-3,5-13,22H2,1H3. The molecule has 0 spiro atoms. The maximum atomic E-state index is 15.4. The minimum Gasteiger partial charge on any atom is -0.490 e. The van der Waals surface area contributed by atoms with Crippen LogP contribution >= 0.6 is 0 Å². The van der Waals surface area contributed by atoms with Gasteiger partial charge in [0.25, 0.3) is 0 Å². The van der Waals surface area contributed by atoms with E-state index < -0.39 is 0 Å². The molecule has 0 aromatic heterocycles. The number of hydrogen-bond donors (Lipinski definition) is 0. The first-order valence-corrected chi connectivity index (χ1v) is 13.2. The molecule has 1 fully saturated rings. The van der Waals surface area contributed by atoms with Crippen molar-refractivity contribution in [1.29, 1.82) is 0 Å². The molecule has 0 saturated heterocycles. The van der Waals surface area contributed by atoms with Crippen LogP contribution in [0.25, 0.3) is 21.9 Å². The van der Waals surface area contributed by atoms with E-state index in [4.69, 9.17) is 4.74 Å². The van der Waals surface area contributed by atoms with E-state index in [0.717, 1.165) is 35.0 Å². The summed E-state index contributed by atoms with van der Waals surface area (Å²) in [6.07, 6.45) is 15.2. The zero-order valence-electron chi connectivity index (χ0n) is 20.7. The molecule has 2 heteroatoms. The van der Waals surface area contributed by atoms with Crippen molar-refractivity contribution in [2.24, 2.45) is 11.8 Å². The Hall–Kier alpha value is -2.61. The number of aryl methyl sites for hydroxylation is 1. The predicted octanol–water partition coefficient (Wildman–Crippen LogP) is 9.53. The molecular weight excluding hydrogens is 419 g/mol. The van der Waals surface area contributed by atoms with Crippen LogP contribution in [0.4, 0.5) is 4.39 Å². The largest absolute Gasteiger partial charge is 0.490 e. The van der Waals surface area contributed by atoms with Crippen LogP contribution in [0.1, 0.15) is 70.3 Å². The molecule has 34 heavy (non-hydrogen) atoms. The Labute approximate surface area is 205 Å². The number of hydrogen-bond acceptors (Lipinski definition) is 1. The van der Waals surface area contributed by atoms with E-state index >= 15 is 4.39 Å². The van der Waals surface area contributed by atoms with E-state index in [1.54, 1.807) is 6.08 Å². The van der Waals surface area contributed by atoms with Gasteiger partial charge in [-0.3, -0.25) is 0 Å². The molecule has 4 rings (SSSR count). The molecule has 1 aliphatic carbocycles. The number of rotatable bonds is 11. The summed E-state index contributed by atoms with van der Waals surface area (Å²) >= 11 is 0. The van der Waals surface area contributed by atoms with E-state index in [1.807, 2.05) is 36.4 Å². The van der Waals surface area contributed by atoms with Crippen LogP contribution in [0.15, 0.2) is 67.3 Å². The lowest BCUT2D eigenvalue weighted by atomic mass is 9.77. The van der Waals surface area contributed by atoms with Crippen LogP contribution in [0.2, 0.25) is 0 Å². The smallest absolute Gasteiger partial charge is 0.138 e. The van der Waals surface area contributed by atoms with Gasteiger partial charge in [-0.15, -0.1) is 0 Å². The fraction of sp³-hybridized carbons (Fsp3) is 0.438. The van der Waals surface area contributed by atoms with Crippen molar-refractivity contribution < 1.29 is 9.13 Å². The first kappa shape index (κ1) is 24.5. The van der Waals surface area contributed by atoms with Gasteiger partial charge in [-0.2, -0.15) is 0 Å². The molecular formula is C32H39FO. The van der Waals surface area contributed by atoms with Crippen molar-refractivity contribution in [1.82, 2.24) is 0 Å². The molecule has 0 amide bonds. The summed E-state index contributed by atoms with van der Waals surface area (Å²) in [7, 11) is 0. The topological polar surface area (TPSA) is 9.23 Å². The second-order valence-corrected chi connectivity index (χ2v) is 10.0. The lowest BCUT2D eigenvalue weighted by Gasteiger charge is -2.28. The summed E-state index contributed by atoms with van der Waals surface area (Å²) in [6.45, 7) is 6.42. The minimum atomic E-state index is -0.148. The van der Waals surface area contributed by atoms with Crippen LogP contribution in [0.3, 0.4) is 0 Å².